The quantitative estimate of drug-likeness (QED) is 0.392. The number of benzene rings is 2. The van der Waals surface area contributed by atoms with Crippen molar-refractivity contribution in [1.82, 2.24) is 4.98 Å². The Bertz CT molecular complexity index is 1320. The molecule has 0 unspecified atom stereocenters. The van der Waals surface area contributed by atoms with E-state index in [1.165, 1.54) is 10.1 Å². The summed E-state index contributed by atoms with van der Waals surface area (Å²) >= 11 is 1.64. The molecule has 0 aliphatic carbocycles. The number of carboxylic acid groups (broad SMARTS) is 1. The van der Waals surface area contributed by atoms with E-state index < -0.39 is 5.97 Å². The van der Waals surface area contributed by atoms with Gasteiger partial charge in [-0.15, -0.1) is 11.3 Å². The van der Waals surface area contributed by atoms with Gasteiger partial charge in [-0.1, -0.05) is 24.3 Å². The summed E-state index contributed by atoms with van der Waals surface area (Å²) < 4.78 is 12.9. The van der Waals surface area contributed by atoms with Crippen LogP contribution in [0.2, 0.25) is 0 Å². The second kappa shape index (κ2) is 8.52. The monoisotopic (exact) mass is 447 g/mol. The maximum atomic E-state index is 12.3. The van der Waals surface area contributed by atoms with E-state index in [4.69, 9.17) is 14.5 Å². The Hall–Kier alpha value is -2.96. The van der Waals surface area contributed by atoms with Gasteiger partial charge in [0, 0.05) is 17.2 Å². The molecule has 0 bridgehead atoms. The van der Waals surface area contributed by atoms with Crippen LogP contribution in [0.3, 0.4) is 0 Å². The first-order chi connectivity index (χ1) is 15.5. The summed E-state index contributed by atoms with van der Waals surface area (Å²) in [6.45, 7) is 6.02. The number of ether oxygens (including phenoxy) is 2. The molecule has 32 heavy (non-hydrogen) atoms. The fraction of sp³-hybridized carbons (Fsp3) is 0.308. The summed E-state index contributed by atoms with van der Waals surface area (Å²) in [4.78, 5) is 18.3. The van der Waals surface area contributed by atoms with E-state index in [0.717, 1.165) is 35.5 Å². The van der Waals surface area contributed by atoms with Crippen molar-refractivity contribution < 1.29 is 19.4 Å². The number of hydrogen-bond acceptors (Lipinski definition) is 5. The molecule has 1 aliphatic rings. The van der Waals surface area contributed by atoms with Crippen LogP contribution in [-0.4, -0.2) is 35.9 Å². The molecule has 0 radical (unpaired) electrons. The lowest BCUT2D eigenvalue weighted by molar-refractivity contribution is 0.0354. The van der Waals surface area contributed by atoms with Crippen molar-refractivity contribution in [3.63, 3.8) is 0 Å². The van der Waals surface area contributed by atoms with Gasteiger partial charge in [-0.05, 0) is 61.4 Å². The number of carboxylic acids is 1. The first-order valence-electron chi connectivity index (χ1n) is 10.9. The average molecular weight is 448 g/mol. The van der Waals surface area contributed by atoms with E-state index in [1.807, 2.05) is 31.2 Å². The van der Waals surface area contributed by atoms with Gasteiger partial charge in [0.15, 0.2) is 0 Å². The zero-order valence-electron chi connectivity index (χ0n) is 18.2. The Morgan fingerprint density at radius 2 is 2.09 bits per heavy atom. The standard InChI is InChI=1S/C26H25NO4S/c1-15-9-10-21(31-14-17-6-5-11-30-13-17)23-19(26(28)29)12-20(27-24(15)23)25-16(2)18-7-3-4-8-22(18)32-25/h3-4,7-10,12,17H,5-6,11,13-14H2,1-2H3,(H,28,29)/t17-/m1/s1. The number of thiophene rings is 1. The topological polar surface area (TPSA) is 68.7 Å². The summed E-state index contributed by atoms with van der Waals surface area (Å²) in [6, 6.07) is 13.7. The van der Waals surface area contributed by atoms with E-state index in [2.05, 4.69) is 19.1 Å². The van der Waals surface area contributed by atoms with Gasteiger partial charge in [-0.2, -0.15) is 0 Å². The van der Waals surface area contributed by atoms with E-state index in [1.54, 1.807) is 17.4 Å². The molecular weight excluding hydrogens is 422 g/mol. The molecule has 1 atom stereocenters. The van der Waals surface area contributed by atoms with Gasteiger partial charge in [0.25, 0.3) is 0 Å². The first-order valence-corrected chi connectivity index (χ1v) is 11.7. The number of aromatic nitrogens is 1. The van der Waals surface area contributed by atoms with E-state index in [0.29, 0.717) is 41.5 Å². The molecule has 1 saturated heterocycles. The zero-order valence-corrected chi connectivity index (χ0v) is 19.0. The molecule has 2 aromatic carbocycles. The van der Waals surface area contributed by atoms with E-state index >= 15 is 0 Å². The van der Waals surface area contributed by atoms with Gasteiger partial charge >= 0.3 is 5.97 Å². The molecule has 0 amide bonds. The van der Waals surface area contributed by atoms with Gasteiger partial charge in [0.1, 0.15) is 5.75 Å². The van der Waals surface area contributed by atoms with Crippen molar-refractivity contribution >= 4 is 38.3 Å². The molecular formula is C26H25NO4S. The van der Waals surface area contributed by atoms with E-state index in [-0.39, 0.29) is 5.56 Å². The van der Waals surface area contributed by atoms with Crippen molar-refractivity contribution in [1.29, 1.82) is 0 Å². The maximum absolute atomic E-state index is 12.3. The summed E-state index contributed by atoms with van der Waals surface area (Å²) in [5, 5.41) is 11.8. The molecule has 3 heterocycles. The minimum atomic E-state index is -0.978. The number of fused-ring (bicyclic) bond motifs is 2. The molecule has 0 saturated carbocycles. The highest BCUT2D eigenvalue weighted by Crippen LogP contribution is 2.40. The van der Waals surface area contributed by atoms with Gasteiger partial charge in [-0.25, -0.2) is 9.78 Å². The third-order valence-electron chi connectivity index (χ3n) is 6.16. The second-order valence-electron chi connectivity index (χ2n) is 8.41. The third-order valence-corrected chi connectivity index (χ3v) is 7.46. The largest absolute Gasteiger partial charge is 0.492 e. The molecule has 4 aromatic rings. The van der Waals surface area contributed by atoms with Gasteiger partial charge in [0.2, 0.25) is 0 Å². The molecule has 1 N–H and O–H groups in total. The van der Waals surface area contributed by atoms with Crippen LogP contribution < -0.4 is 4.74 Å². The van der Waals surface area contributed by atoms with Crippen LogP contribution in [-0.2, 0) is 4.74 Å². The Morgan fingerprint density at radius 1 is 1.25 bits per heavy atom. The second-order valence-corrected chi connectivity index (χ2v) is 9.46. The average Bonchev–Trinajstić information content (AvgIpc) is 3.15. The number of nitrogens with zero attached hydrogens (tertiary/aromatic N) is 1. The minimum absolute atomic E-state index is 0.223. The van der Waals surface area contributed by atoms with Crippen molar-refractivity contribution in [3.05, 3.63) is 59.2 Å². The summed E-state index contributed by atoms with van der Waals surface area (Å²) in [5.41, 5.74) is 3.64. The van der Waals surface area contributed by atoms with Crippen LogP contribution in [0.25, 0.3) is 31.6 Å². The molecule has 164 valence electrons. The van der Waals surface area contributed by atoms with Crippen LogP contribution in [0.5, 0.6) is 5.75 Å². The van der Waals surface area contributed by atoms with Crippen molar-refractivity contribution in [3.8, 4) is 16.3 Å². The minimum Gasteiger partial charge on any atom is -0.492 e. The fourth-order valence-electron chi connectivity index (χ4n) is 4.41. The summed E-state index contributed by atoms with van der Waals surface area (Å²) in [5.74, 6) is -0.0867. The number of pyridine rings is 1. The lowest BCUT2D eigenvalue weighted by atomic mass is 10.0. The predicted octanol–water partition coefficient (Wildman–Crippen LogP) is 6.24. The molecule has 5 nitrogen and oxygen atoms in total. The van der Waals surface area contributed by atoms with Gasteiger partial charge in [0.05, 0.1) is 40.3 Å². The Kier molecular flexibility index (Phi) is 5.57. The number of aryl methyl sites for hydroxylation is 2. The third kappa shape index (κ3) is 3.74. The number of carbonyl (C=O) groups is 1. The SMILES string of the molecule is Cc1c(-c2cc(C(=O)O)c3c(OC[C@@H]4CCCOC4)ccc(C)c3n2)sc2ccccc12. The fourth-order valence-corrected chi connectivity index (χ4v) is 5.58. The van der Waals surface area contributed by atoms with Crippen LogP contribution >= 0.6 is 11.3 Å². The lowest BCUT2D eigenvalue weighted by Crippen LogP contribution is -2.23. The van der Waals surface area contributed by atoms with Crippen LogP contribution in [0.4, 0.5) is 0 Å². The van der Waals surface area contributed by atoms with Gasteiger partial charge in [-0.3, -0.25) is 0 Å². The Labute approximate surface area is 190 Å². The number of rotatable bonds is 5. The number of aromatic carboxylic acids is 1. The predicted molar refractivity (Wildman–Crippen MR) is 128 cm³/mol. The van der Waals surface area contributed by atoms with Crippen LogP contribution in [0.1, 0.15) is 34.3 Å². The first kappa shape index (κ1) is 20.9. The normalized spacial score (nSPS) is 16.5. The molecule has 5 rings (SSSR count). The van der Waals surface area contributed by atoms with E-state index in [9.17, 15) is 9.90 Å². The summed E-state index contributed by atoms with van der Waals surface area (Å²) in [7, 11) is 0. The molecule has 2 aromatic heterocycles. The molecule has 0 spiro atoms. The zero-order chi connectivity index (χ0) is 22.2. The van der Waals surface area contributed by atoms with Crippen LogP contribution in [0.15, 0.2) is 42.5 Å². The Morgan fingerprint density at radius 3 is 2.84 bits per heavy atom. The highest BCUT2D eigenvalue weighted by Gasteiger charge is 2.22. The van der Waals surface area contributed by atoms with Crippen molar-refractivity contribution in [2.75, 3.05) is 19.8 Å². The molecule has 1 fully saturated rings. The molecule has 1 aliphatic heterocycles. The van der Waals surface area contributed by atoms with Crippen molar-refractivity contribution in [2.45, 2.75) is 26.7 Å². The molecule has 6 heteroatoms. The summed E-state index contributed by atoms with van der Waals surface area (Å²) in [6.07, 6.45) is 2.09. The Balaban J connectivity index is 1.63. The van der Waals surface area contributed by atoms with Gasteiger partial charge < -0.3 is 14.6 Å². The maximum Gasteiger partial charge on any atom is 0.336 e. The number of hydrogen-bond donors (Lipinski definition) is 1. The lowest BCUT2D eigenvalue weighted by Gasteiger charge is -2.23. The highest BCUT2D eigenvalue weighted by atomic mass is 32.1. The van der Waals surface area contributed by atoms with Crippen LogP contribution in [0, 0.1) is 19.8 Å². The highest BCUT2D eigenvalue weighted by molar-refractivity contribution is 7.22. The smallest absolute Gasteiger partial charge is 0.336 e. The van der Waals surface area contributed by atoms with Crippen molar-refractivity contribution in [2.24, 2.45) is 5.92 Å².